The van der Waals surface area contributed by atoms with E-state index in [1.165, 1.54) is 0 Å². The fourth-order valence-corrected chi connectivity index (χ4v) is 5.72. The zero-order valence-electron chi connectivity index (χ0n) is 32.1. The van der Waals surface area contributed by atoms with Crippen molar-refractivity contribution in [1.29, 1.82) is 0 Å². The van der Waals surface area contributed by atoms with Crippen LogP contribution in [0, 0.1) is 0 Å². The van der Waals surface area contributed by atoms with Crippen molar-refractivity contribution in [3.8, 4) is 0 Å². The molecule has 0 aliphatic carbocycles. The van der Waals surface area contributed by atoms with Crippen LogP contribution in [-0.2, 0) is 24.4 Å². The maximum absolute atomic E-state index is 13.7. The summed E-state index contributed by atoms with van der Waals surface area (Å²) in [6.45, 7) is 18.6. The first kappa shape index (κ1) is 39.5. The van der Waals surface area contributed by atoms with Crippen molar-refractivity contribution >= 4 is 23.7 Å². The fourth-order valence-electron chi connectivity index (χ4n) is 5.72. The summed E-state index contributed by atoms with van der Waals surface area (Å²) in [5.41, 5.74) is 4.42. The van der Waals surface area contributed by atoms with Gasteiger partial charge in [-0.3, -0.25) is 14.4 Å². The van der Waals surface area contributed by atoms with Crippen LogP contribution in [0.25, 0.3) is 0 Å². The number of carbonyl (C=O) groups is 4. The maximum Gasteiger partial charge on any atom is 0.338 e. The van der Waals surface area contributed by atoms with E-state index in [0.29, 0.717) is 41.9 Å². The average Bonchev–Trinajstić information content (AvgIpc) is 3.11. The molecule has 4 rings (SSSR count). The SMILES string of the molecule is CC(C)N(Cc1ccc(C(=O)N(Cc2ccc(C(=O)N(Cc3ccc(C(=O)OC(C)(C)C)cc3)C(C)C)cc2)C(C)C)cc1)C(=O)c1ccccc1. The highest BCUT2D eigenvalue weighted by molar-refractivity contribution is 5.96. The van der Waals surface area contributed by atoms with Crippen molar-refractivity contribution in [2.24, 2.45) is 0 Å². The summed E-state index contributed by atoms with van der Waals surface area (Å²) >= 11 is 0. The molecule has 0 heterocycles. The summed E-state index contributed by atoms with van der Waals surface area (Å²) in [5.74, 6) is -0.603. The Morgan fingerprint density at radius 3 is 1.04 bits per heavy atom. The topological polar surface area (TPSA) is 87.2 Å². The highest BCUT2D eigenvalue weighted by Crippen LogP contribution is 2.20. The molecule has 0 saturated carbocycles. The molecule has 0 aromatic heterocycles. The highest BCUT2D eigenvalue weighted by atomic mass is 16.6. The van der Waals surface area contributed by atoms with Crippen molar-refractivity contribution in [2.45, 2.75) is 106 Å². The standard InChI is InChI=1S/C44H53N3O5/c1-30(2)45(40(48)36-13-11-10-12-14-36)27-33-15-21-37(22-16-33)41(49)46(31(3)4)28-34-17-23-38(24-18-34)42(50)47(32(5)6)29-35-19-25-39(26-20-35)43(51)52-44(7,8)9/h10-26,30-32H,27-29H2,1-9H3. The molecule has 0 N–H and O–H groups in total. The van der Waals surface area contributed by atoms with Gasteiger partial charge in [0.05, 0.1) is 5.56 Å². The van der Waals surface area contributed by atoms with Crippen molar-refractivity contribution in [2.75, 3.05) is 0 Å². The number of hydrogen-bond donors (Lipinski definition) is 0. The molecule has 8 heteroatoms. The molecule has 3 amide bonds. The molecule has 4 aromatic carbocycles. The summed E-state index contributed by atoms with van der Waals surface area (Å²) in [6, 6.07) is 31.2. The maximum atomic E-state index is 13.7. The van der Waals surface area contributed by atoms with Crippen LogP contribution in [0.1, 0.15) is 120 Å². The minimum absolute atomic E-state index is 0.00483. The van der Waals surface area contributed by atoms with Crippen molar-refractivity contribution in [3.63, 3.8) is 0 Å². The van der Waals surface area contributed by atoms with E-state index in [1.54, 1.807) is 17.0 Å². The van der Waals surface area contributed by atoms with Gasteiger partial charge in [0.15, 0.2) is 0 Å². The van der Waals surface area contributed by atoms with Crippen LogP contribution in [0.3, 0.4) is 0 Å². The van der Waals surface area contributed by atoms with E-state index in [9.17, 15) is 19.2 Å². The second-order valence-corrected chi connectivity index (χ2v) is 15.0. The number of carbonyl (C=O) groups excluding carboxylic acids is 4. The van der Waals surface area contributed by atoms with Gasteiger partial charge in [0.1, 0.15) is 5.60 Å². The van der Waals surface area contributed by atoms with Gasteiger partial charge in [0, 0.05) is 54.5 Å². The lowest BCUT2D eigenvalue weighted by Crippen LogP contribution is -2.37. The second kappa shape index (κ2) is 17.3. The van der Waals surface area contributed by atoms with Gasteiger partial charge in [-0.15, -0.1) is 0 Å². The Kier molecular flexibility index (Phi) is 13.2. The van der Waals surface area contributed by atoms with E-state index in [4.69, 9.17) is 4.74 Å². The first-order valence-electron chi connectivity index (χ1n) is 18.0. The van der Waals surface area contributed by atoms with Gasteiger partial charge in [-0.05, 0) is 128 Å². The number of amides is 3. The molecule has 52 heavy (non-hydrogen) atoms. The third-order valence-electron chi connectivity index (χ3n) is 8.72. The molecule has 0 aliphatic rings. The Bertz CT molecular complexity index is 1810. The average molecular weight is 704 g/mol. The Hall–Kier alpha value is -5.24. The van der Waals surface area contributed by atoms with Gasteiger partial charge >= 0.3 is 5.97 Å². The van der Waals surface area contributed by atoms with Gasteiger partial charge in [0.2, 0.25) is 0 Å². The third-order valence-corrected chi connectivity index (χ3v) is 8.72. The van der Waals surface area contributed by atoms with Gasteiger partial charge in [0.25, 0.3) is 17.7 Å². The predicted octanol–water partition coefficient (Wildman–Crippen LogP) is 8.79. The zero-order chi connectivity index (χ0) is 38.2. The zero-order valence-corrected chi connectivity index (χ0v) is 32.1. The Morgan fingerprint density at radius 2 is 0.750 bits per heavy atom. The number of hydrogen-bond acceptors (Lipinski definition) is 5. The highest BCUT2D eigenvalue weighted by Gasteiger charge is 2.24. The first-order valence-corrected chi connectivity index (χ1v) is 18.0. The minimum atomic E-state index is -0.578. The summed E-state index contributed by atoms with van der Waals surface area (Å²) in [4.78, 5) is 58.5. The Labute approximate surface area is 309 Å². The van der Waals surface area contributed by atoms with Crippen LogP contribution in [-0.4, -0.2) is 62.1 Å². The second-order valence-electron chi connectivity index (χ2n) is 15.0. The third kappa shape index (κ3) is 10.6. The monoisotopic (exact) mass is 703 g/mol. The van der Waals surface area contributed by atoms with Gasteiger partial charge in [-0.2, -0.15) is 0 Å². The minimum Gasteiger partial charge on any atom is -0.456 e. The van der Waals surface area contributed by atoms with Crippen LogP contribution in [0.4, 0.5) is 0 Å². The molecule has 0 radical (unpaired) electrons. The molecule has 274 valence electrons. The summed E-state index contributed by atoms with van der Waals surface area (Å²) in [5, 5.41) is 0. The molecule has 4 aromatic rings. The number of benzene rings is 4. The van der Waals surface area contributed by atoms with E-state index < -0.39 is 5.60 Å². The van der Waals surface area contributed by atoms with Crippen LogP contribution in [0.15, 0.2) is 103 Å². The predicted molar refractivity (Wildman–Crippen MR) is 206 cm³/mol. The number of esters is 1. The van der Waals surface area contributed by atoms with Crippen molar-refractivity contribution < 1.29 is 23.9 Å². The van der Waals surface area contributed by atoms with E-state index in [0.717, 1.165) is 16.7 Å². The van der Waals surface area contributed by atoms with Crippen molar-refractivity contribution in [3.05, 3.63) is 142 Å². The lowest BCUT2D eigenvalue weighted by Gasteiger charge is -2.29. The lowest BCUT2D eigenvalue weighted by molar-refractivity contribution is 0.00689. The lowest BCUT2D eigenvalue weighted by atomic mass is 10.1. The molecule has 0 bridgehead atoms. The number of nitrogens with zero attached hydrogens (tertiary/aromatic N) is 3. The van der Waals surface area contributed by atoms with E-state index in [-0.39, 0.29) is 41.8 Å². The molecule has 0 unspecified atom stereocenters. The molecule has 8 nitrogen and oxygen atoms in total. The molecular weight excluding hydrogens is 651 g/mol. The van der Waals surface area contributed by atoms with Crippen LogP contribution >= 0.6 is 0 Å². The van der Waals surface area contributed by atoms with E-state index >= 15 is 0 Å². The van der Waals surface area contributed by atoms with E-state index in [1.807, 2.05) is 163 Å². The molecule has 0 saturated heterocycles. The van der Waals surface area contributed by atoms with Gasteiger partial charge < -0.3 is 19.4 Å². The fraction of sp³-hybridized carbons (Fsp3) is 0.364. The molecular formula is C44H53N3O5. The van der Waals surface area contributed by atoms with Gasteiger partial charge in [-0.1, -0.05) is 54.6 Å². The normalized spacial score (nSPS) is 11.5. The summed E-state index contributed by atoms with van der Waals surface area (Å²) < 4.78 is 5.47. The van der Waals surface area contributed by atoms with Crippen LogP contribution < -0.4 is 0 Å². The first-order chi connectivity index (χ1) is 24.5. The molecule has 0 fully saturated rings. The van der Waals surface area contributed by atoms with Crippen LogP contribution in [0.2, 0.25) is 0 Å². The number of rotatable bonds is 13. The Morgan fingerprint density at radius 1 is 0.462 bits per heavy atom. The van der Waals surface area contributed by atoms with Gasteiger partial charge in [-0.25, -0.2) is 4.79 Å². The Balaban J connectivity index is 1.41. The molecule has 0 atom stereocenters. The molecule has 0 aliphatic heterocycles. The molecule has 0 spiro atoms. The van der Waals surface area contributed by atoms with E-state index in [2.05, 4.69) is 0 Å². The smallest absolute Gasteiger partial charge is 0.338 e. The summed E-state index contributed by atoms with van der Waals surface area (Å²) in [6.07, 6.45) is 0. The largest absolute Gasteiger partial charge is 0.456 e. The summed E-state index contributed by atoms with van der Waals surface area (Å²) in [7, 11) is 0. The number of ether oxygens (including phenoxy) is 1. The quantitative estimate of drug-likeness (QED) is 0.130. The van der Waals surface area contributed by atoms with Crippen LogP contribution in [0.5, 0.6) is 0 Å². The van der Waals surface area contributed by atoms with Crippen molar-refractivity contribution in [1.82, 2.24) is 14.7 Å².